The second kappa shape index (κ2) is 4.84. The fourth-order valence-corrected chi connectivity index (χ4v) is 2.95. The Balaban J connectivity index is 2.00. The summed E-state index contributed by atoms with van der Waals surface area (Å²) in [4.78, 5) is 0. The van der Waals surface area contributed by atoms with Crippen molar-refractivity contribution in [2.24, 2.45) is 11.3 Å². The molecule has 1 aliphatic heterocycles. The standard InChI is InChI=1S/C14H19ClN2/c1-14(2,9-16)13-7-6-12(17-13)10-4-3-5-11(15)8-10/h3,5,8,10,12-13,17H,4,6-7H2,1-2H3/t10?,12-,13+/m0/s1. The normalized spacial score (nSPS) is 33.3. The molecule has 0 radical (unpaired) electrons. The third kappa shape index (κ3) is 2.73. The number of nitrogens with zero attached hydrogens (tertiary/aromatic N) is 1. The Kier molecular flexibility index (Phi) is 3.61. The maximum Gasteiger partial charge on any atom is 0.0700 e. The van der Waals surface area contributed by atoms with E-state index in [1.807, 2.05) is 19.9 Å². The van der Waals surface area contributed by atoms with Gasteiger partial charge in [0.2, 0.25) is 0 Å². The van der Waals surface area contributed by atoms with E-state index in [9.17, 15) is 0 Å². The lowest BCUT2D eigenvalue weighted by Crippen LogP contribution is -2.42. The van der Waals surface area contributed by atoms with E-state index in [0.717, 1.165) is 24.3 Å². The largest absolute Gasteiger partial charge is 0.309 e. The number of allylic oxidation sites excluding steroid dienone is 3. The minimum Gasteiger partial charge on any atom is -0.309 e. The minimum atomic E-state index is -0.285. The van der Waals surface area contributed by atoms with Crippen LogP contribution >= 0.6 is 11.6 Å². The SMILES string of the molecule is CC(C)(C#N)[C@H]1CC[C@@H](C2C=C(Cl)C=CC2)N1. The molecule has 0 saturated carbocycles. The molecular formula is C14H19ClN2. The van der Waals surface area contributed by atoms with Crippen LogP contribution in [0.15, 0.2) is 23.3 Å². The third-order valence-electron chi connectivity index (χ3n) is 3.92. The first kappa shape index (κ1) is 12.7. The molecule has 3 heteroatoms. The first-order chi connectivity index (χ1) is 8.03. The maximum absolute atomic E-state index is 9.16. The van der Waals surface area contributed by atoms with Crippen LogP contribution in [-0.2, 0) is 0 Å². The summed E-state index contributed by atoms with van der Waals surface area (Å²) in [6.45, 7) is 4.02. The van der Waals surface area contributed by atoms with Crippen LogP contribution in [0.3, 0.4) is 0 Å². The molecule has 2 rings (SSSR count). The van der Waals surface area contributed by atoms with E-state index in [-0.39, 0.29) is 5.41 Å². The molecule has 0 aromatic heterocycles. The molecule has 1 fully saturated rings. The lowest BCUT2D eigenvalue weighted by Gasteiger charge is -2.27. The predicted octanol–water partition coefficient (Wildman–Crippen LogP) is 3.36. The highest BCUT2D eigenvalue weighted by molar-refractivity contribution is 6.31. The van der Waals surface area contributed by atoms with Gasteiger partial charge in [-0.05, 0) is 45.1 Å². The molecule has 0 amide bonds. The zero-order chi connectivity index (χ0) is 12.5. The Morgan fingerprint density at radius 1 is 1.47 bits per heavy atom. The molecule has 17 heavy (non-hydrogen) atoms. The molecule has 2 nitrogen and oxygen atoms in total. The summed E-state index contributed by atoms with van der Waals surface area (Å²) < 4.78 is 0. The van der Waals surface area contributed by atoms with Gasteiger partial charge in [-0.1, -0.05) is 23.8 Å². The number of rotatable bonds is 2. The van der Waals surface area contributed by atoms with E-state index in [1.54, 1.807) is 0 Å². The molecule has 1 N–H and O–H groups in total. The van der Waals surface area contributed by atoms with E-state index in [2.05, 4.69) is 23.5 Å². The molecule has 0 bridgehead atoms. The van der Waals surface area contributed by atoms with Gasteiger partial charge in [0, 0.05) is 17.1 Å². The quantitative estimate of drug-likeness (QED) is 0.816. The van der Waals surface area contributed by atoms with Gasteiger partial charge in [0.25, 0.3) is 0 Å². The van der Waals surface area contributed by atoms with Gasteiger partial charge in [-0.15, -0.1) is 0 Å². The summed E-state index contributed by atoms with van der Waals surface area (Å²) >= 11 is 6.04. The van der Waals surface area contributed by atoms with Gasteiger partial charge in [0.05, 0.1) is 11.5 Å². The topological polar surface area (TPSA) is 35.8 Å². The van der Waals surface area contributed by atoms with Gasteiger partial charge in [-0.2, -0.15) is 5.26 Å². The summed E-state index contributed by atoms with van der Waals surface area (Å²) in [5, 5.41) is 13.6. The molecule has 1 unspecified atom stereocenters. The number of halogens is 1. The Morgan fingerprint density at radius 2 is 2.24 bits per heavy atom. The van der Waals surface area contributed by atoms with Crippen LogP contribution in [0.4, 0.5) is 0 Å². The monoisotopic (exact) mass is 250 g/mol. The summed E-state index contributed by atoms with van der Waals surface area (Å²) in [5.74, 6) is 0.479. The lowest BCUT2D eigenvalue weighted by atomic mass is 9.85. The van der Waals surface area contributed by atoms with Crippen molar-refractivity contribution in [3.8, 4) is 6.07 Å². The van der Waals surface area contributed by atoms with Crippen molar-refractivity contribution < 1.29 is 0 Å². The van der Waals surface area contributed by atoms with Crippen molar-refractivity contribution in [3.05, 3.63) is 23.3 Å². The molecule has 0 spiro atoms. The Hall–Kier alpha value is -0.780. The summed E-state index contributed by atoms with van der Waals surface area (Å²) in [6, 6.07) is 3.16. The van der Waals surface area contributed by atoms with Crippen LogP contribution < -0.4 is 5.32 Å². The predicted molar refractivity (Wildman–Crippen MR) is 70.5 cm³/mol. The van der Waals surface area contributed by atoms with Crippen LogP contribution in [0.5, 0.6) is 0 Å². The second-order valence-corrected chi connectivity index (χ2v) is 6.03. The number of nitrogens with one attached hydrogen (secondary N) is 1. The van der Waals surface area contributed by atoms with Crippen molar-refractivity contribution in [2.45, 2.75) is 45.2 Å². The fourth-order valence-electron chi connectivity index (χ4n) is 2.70. The maximum atomic E-state index is 9.16. The van der Waals surface area contributed by atoms with Crippen LogP contribution in [-0.4, -0.2) is 12.1 Å². The fraction of sp³-hybridized carbons (Fsp3) is 0.643. The van der Waals surface area contributed by atoms with Crippen molar-refractivity contribution in [1.82, 2.24) is 5.32 Å². The summed E-state index contributed by atoms with van der Waals surface area (Å²) in [5.41, 5.74) is -0.285. The zero-order valence-electron chi connectivity index (χ0n) is 10.4. The van der Waals surface area contributed by atoms with Crippen LogP contribution in [0.2, 0.25) is 0 Å². The van der Waals surface area contributed by atoms with Gasteiger partial charge in [0.1, 0.15) is 0 Å². The lowest BCUT2D eigenvalue weighted by molar-refractivity contribution is 0.326. The molecule has 0 aromatic carbocycles. The van der Waals surface area contributed by atoms with Crippen LogP contribution in [0, 0.1) is 22.7 Å². The molecule has 1 saturated heterocycles. The van der Waals surface area contributed by atoms with Gasteiger partial charge in [-0.25, -0.2) is 0 Å². The van der Waals surface area contributed by atoms with Crippen LogP contribution in [0.1, 0.15) is 33.1 Å². The molecule has 2 aliphatic rings. The summed E-state index contributed by atoms with van der Waals surface area (Å²) in [7, 11) is 0. The zero-order valence-corrected chi connectivity index (χ0v) is 11.2. The van der Waals surface area contributed by atoms with Gasteiger partial charge in [0.15, 0.2) is 0 Å². The van der Waals surface area contributed by atoms with Crippen LogP contribution in [0.25, 0.3) is 0 Å². The van der Waals surface area contributed by atoms with Crippen molar-refractivity contribution >= 4 is 11.6 Å². The average Bonchev–Trinajstić information content (AvgIpc) is 2.79. The summed E-state index contributed by atoms with van der Waals surface area (Å²) in [6.07, 6.45) is 9.50. The first-order valence-corrected chi connectivity index (χ1v) is 6.62. The Morgan fingerprint density at radius 3 is 2.88 bits per heavy atom. The molecular weight excluding hydrogens is 232 g/mol. The Bertz CT molecular complexity index is 390. The highest BCUT2D eigenvalue weighted by Gasteiger charge is 2.37. The minimum absolute atomic E-state index is 0.285. The van der Waals surface area contributed by atoms with E-state index in [4.69, 9.17) is 16.9 Å². The average molecular weight is 251 g/mol. The highest BCUT2D eigenvalue weighted by atomic mass is 35.5. The van der Waals surface area contributed by atoms with E-state index in [1.165, 1.54) is 0 Å². The van der Waals surface area contributed by atoms with Crippen molar-refractivity contribution in [3.63, 3.8) is 0 Å². The second-order valence-electron chi connectivity index (χ2n) is 5.59. The first-order valence-electron chi connectivity index (χ1n) is 6.24. The number of hydrogen-bond acceptors (Lipinski definition) is 2. The van der Waals surface area contributed by atoms with E-state index in [0.29, 0.717) is 18.0 Å². The molecule has 1 heterocycles. The van der Waals surface area contributed by atoms with E-state index >= 15 is 0 Å². The van der Waals surface area contributed by atoms with Gasteiger partial charge in [-0.3, -0.25) is 0 Å². The smallest absolute Gasteiger partial charge is 0.0700 e. The number of nitriles is 1. The third-order valence-corrected chi connectivity index (χ3v) is 4.17. The van der Waals surface area contributed by atoms with Gasteiger partial charge >= 0.3 is 0 Å². The van der Waals surface area contributed by atoms with Crippen molar-refractivity contribution in [2.75, 3.05) is 0 Å². The molecule has 1 aliphatic carbocycles. The Labute approximate surface area is 108 Å². The molecule has 92 valence electrons. The number of hydrogen-bond donors (Lipinski definition) is 1. The van der Waals surface area contributed by atoms with Crippen molar-refractivity contribution in [1.29, 1.82) is 5.26 Å². The van der Waals surface area contributed by atoms with E-state index < -0.39 is 0 Å². The highest BCUT2D eigenvalue weighted by Crippen LogP contribution is 2.33. The molecule has 0 aromatic rings. The van der Waals surface area contributed by atoms with Gasteiger partial charge < -0.3 is 5.32 Å². The molecule has 3 atom stereocenters.